The van der Waals surface area contributed by atoms with E-state index in [9.17, 15) is 52.8 Å². The predicted molar refractivity (Wildman–Crippen MR) is 526 cm³/mol. The molecule has 16 rings (SSSR count). The number of sulfonamides is 4. The molecule has 0 saturated heterocycles. The number of Topliss-reactive ketones (excluding diaryl/α,β-unsaturated/α-hetero) is 4. The highest BCUT2D eigenvalue weighted by Crippen LogP contribution is 2.31. The molecule has 0 saturated carbocycles. The second-order valence-corrected chi connectivity index (χ2v) is 40.9. The van der Waals surface area contributed by atoms with Crippen LogP contribution in [0.1, 0.15) is 114 Å². The van der Waals surface area contributed by atoms with Crippen LogP contribution in [0.5, 0.6) is 0 Å². The lowest BCUT2D eigenvalue weighted by atomic mass is 10.0. The molecule has 0 unspecified atom stereocenters. The summed E-state index contributed by atoms with van der Waals surface area (Å²) in [4.78, 5) is 83.5. The highest BCUT2D eigenvalue weighted by Gasteiger charge is 2.31. The van der Waals surface area contributed by atoms with E-state index in [0.717, 1.165) is 94.1 Å². The fraction of sp³-hybridized carbons (Fsp3) is 0.181. The molecule has 0 aliphatic heterocycles. The molecule has 8 aromatic heterocycles. The summed E-state index contributed by atoms with van der Waals surface area (Å²) in [5, 5.41) is 7.07. The quantitative estimate of drug-likeness (QED) is 0.0345. The summed E-state index contributed by atoms with van der Waals surface area (Å²) in [6.07, 6.45) is 25.8. The summed E-state index contributed by atoms with van der Waals surface area (Å²) >= 11 is 1.56. The number of carbonyl (C=O) groups is 4. The Kier molecular flexibility index (Phi) is 35.6. The van der Waals surface area contributed by atoms with Crippen molar-refractivity contribution in [2.45, 2.75) is 145 Å². The number of hydrogen-bond acceptors (Lipinski definition) is 23. The minimum Gasteiger partial charge on any atom is -0.300 e. The van der Waals surface area contributed by atoms with Gasteiger partial charge in [-0.2, -0.15) is 22.3 Å². The first-order chi connectivity index (χ1) is 66.2. The molecule has 0 bridgehead atoms. The largest absolute Gasteiger partial charge is 0.300 e. The van der Waals surface area contributed by atoms with Crippen LogP contribution in [0.25, 0.3) is 39.0 Å². The molecular formula is C105H101N15O12S5. The Morgan fingerprint density at radius 3 is 0.964 bits per heavy atom. The summed E-state index contributed by atoms with van der Waals surface area (Å²) in [6, 6.07) is 80.9. The molecule has 698 valence electrons. The number of nitrogens with zero attached hydrogens (tertiary/aromatic N) is 15. The molecule has 16 aromatic rings. The van der Waals surface area contributed by atoms with Crippen LogP contribution in [-0.2, 0) is 137 Å². The van der Waals surface area contributed by atoms with E-state index < -0.39 is 40.1 Å². The molecular weight excluding hydrogens is 1820 g/mol. The van der Waals surface area contributed by atoms with Crippen LogP contribution in [0.2, 0.25) is 0 Å². The molecule has 0 aliphatic carbocycles. The van der Waals surface area contributed by atoms with Gasteiger partial charge in [-0.1, -0.05) is 188 Å². The Balaban J connectivity index is 0.000000154. The first kappa shape index (κ1) is 100. The van der Waals surface area contributed by atoms with E-state index in [0.29, 0.717) is 56.6 Å². The van der Waals surface area contributed by atoms with Gasteiger partial charge in [0.15, 0.2) is 16.7 Å². The SMILES string of the molecule is CC(=O)CCc1cccc(CN(Cc2ccc(-c3ncccn3)cc2)S(=O)(=O)c2ccccn2)c1.CC(=O)CCc1cccc(CN(Cc2ccc(-c3ncccn3)cc2)S(=O)(=O)c2cccnc2)c1.CC(=O)CCc1cccc(CN(Cc2ccc(-n3cccn3)cc2)S(=O)(=O)c2cccnc2)c1.CC(=O)Cc1cccc(CN(Cc2ccc(-c3nccs3)cc2)S(=O)(=O)c2cccnc2)c1. The second kappa shape index (κ2) is 48.7. The van der Waals surface area contributed by atoms with Crippen molar-refractivity contribution in [2.24, 2.45) is 0 Å². The zero-order chi connectivity index (χ0) is 96.6. The lowest BCUT2D eigenvalue weighted by Gasteiger charge is -2.23. The van der Waals surface area contributed by atoms with Gasteiger partial charge in [-0.05, 0) is 193 Å². The Bertz CT molecular complexity index is 6910. The maximum absolute atomic E-state index is 13.6. The molecule has 32 heteroatoms. The van der Waals surface area contributed by atoms with Crippen LogP contribution in [0, 0.1) is 0 Å². The third kappa shape index (κ3) is 29.6. The molecule has 0 spiro atoms. The van der Waals surface area contributed by atoms with Gasteiger partial charge >= 0.3 is 0 Å². The van der Waals surface area contributed by atoms with Crippen molar-refractivity contribution in [3.05, 3.63) is 426 Å². The zero-order valence-electron chi connectivity index (χ0n) is 75.8. The summed E-state index contributed by atoms with van der Waals surface area (Å²) in [5.74, 6) is 1.66. The van der Waals surface area contributed by atoms with Crippen LogP contribution < -0.4 is 0 Å². The Morgan fingerprint density at radius 1 is 0.292 bits per heavy atom. The van der Waals surface area contributed by atoms with Crippen molar-refractivity contribution in [2.75, 3.05) is 0 Å². The standard InChI is InChI=1S/2C27H26N4O3S.C26H26N4O3S.C25H23N3O3S2/c1-21(32)8-9-22-5-2-6-24(17-22)20-31(35(33,34)26-7-3-14-28-18-26)19-23-10-12-25(13-11-23)27-29-15-4-16-30-27;1-21(32)9-10-22-6-4-7-24(18-22)20-31(35(33,34)26-8-2-3-15-28-26)19-23-11-13-25(14-12-23)27-29-16-5-17-30-27;1-21(31)8-9-22-5-2-6-24(17-22)20-29(34(32,33)26-7-3-14-27-18-26)19-23-10-12-25(13-11-23)30-16-4-15-28-30;1-19(29)14-21-4-2-5-22(15-21)18-28(33(30,31)24-6-3-11-26-16-24)17-20-7-9-23(10-8-20)25-27-12-13-32-25/h2-7,10-18H,8-9,19-20H2,1H3;2-8,11-18H,9-10,19-20H2,1H3;2-7,10-18H,8-9,19-20H2,1H3;2-13,15-16H,14,17-18H2,1H3. The van der Waals surface area contributed by atoms with Crippen molar-refractivity contribution in [1.82, 2.24) is 71.9 Å². The summed E-state index contributed by atoms with van der Waals surface area (Å²) in [5.41, 5.74) is 14.3. The van der Waals surface area contributed by atoms with E-state index >= 15 is 0 Å². The number of ketones is 4. The third-order valence-corrected chi connectivity index (χ3v) is 29.4. The minimum absolute atomic E-state index is 0.00189. The molecule has 8 aromatic carbocycles. The zero-order valence-corrected chi connectivity index (χ0v) is 79.9. The molecule has 27 nitrogen and oxygen atoms in total. The average Bonchev–Trinajstić information content (AvgIpc) is 1.00. The number of pyridine rings is 4. The van der Waals surface area contributed by atoms with Crippen LogP contribution in [-0.4, -0.2) is 129 Å². The van der Waals surface area contributed by atoms with Crippen LogP contribution in [0.4, 0.5) is 0 Å². The summed E-state index contributed by atoms with van der Waals surface area (Å²) < 4.78 is 116. The van der Waals surface area contributed by atoms with Gasteiger partial charge in [-0.25, -0.2) is 68.3 Å². The van der Waals surface area contributed by atoms with Crippen LogP contribution in [0.3, 0.4) is 0 Å². The first-order valence-electron chi connectivity index (χ1n) is 43.9. The summed E-state index contributed by atoms with van der Waals surface area (Å²) in [7, 11) is -15.2. The Labute approximate surface area is 803 Å². The molecule has 0 fully saturated rings. The Hall–Kier alpha value is -14.3. The van der Waals surface area contributed by atoms with Crippen LogP contribution >= 0.6 is 11.3 Å². The van der Waals surface area contributed by atoms with E-state index in [2.05, 4.69) is 50.0 Å². The van der Waals surface area contributed by atoms with Crippen molar-refractivity contribution in [3.8, 4) is 39.0 Å². The van der Waals surface area contributed by atoms with E-state index in [1.54, 1.807) is 160 Å². The van der Waals surface area contributed by atoms with E-state index in [1.807, 2.05) is 212 Å². The monoisotopic (exact) mass is 1920 g/mol. The number of thiazole rings is 1. The molecule has 8 heterocycles. The normalized spacial score (nSPS) is 11.5. The van der Waals surface area contributed by atoms with Gasteiger partial charge < -0.3 is 14.4 Å². The number of aryl methyl sites for hydroxylation is 3. The van der Waals surface area contributed by atoms with Gasteiger partial charge in [-0.15, -0.1) is 11.3 Å². The first-order valence-corrected chi connectivity index (χ1v) is 50.5. The Morgan fingerprint density at radius 2 is 0.635 bits per heavy atom. The van der Waals surface area contributed by atoms with Crippen molar-refractivity contribution < 1.29 is 52.8 Å². The maximum atomic E-state index is 13.6. The molecule has 0 aliphatic rings. The number of carbonyl (C=O) groups excluding carboxylic acids is 4. The maximum Gasteiger partial charge on any atom is 0.261 e. The third-order valence-electron chi connectivity index (χ3n) is 21.5. The minimum atomic E-state index is -3.85. The highest BCUT2D eigenvalue weighted by molar-refractivity contribution is 7.90. The van der Waals surface area contributed by atoms with Gasteiger partial charge in [0.05, 0.1) is 5.69 Å². The molecule has 0 radical (unpaired) electrons. The fourth-order valence-electron chi connectivity index (χ4n) is 14.6. The summed E-state index contributed by atoms with van der Waals surface area (Å²) in [6.45, 7) is 7.76. The van der Waals surface area contributed by atoms with Gasteiger partial charge in [0.2, 0.25) is 30.1 Å². The number of rotatable bonds is 39. The lowest BCUT2D eigenvalue weighted by Crippen LogP contribution is -2.31. The average molecular weight is 1930 g/mol. The van der Waals surface area contributed by atoms with Crippen molar-refractivity contribution in [1.29, 1.82) is 0 Å². The number of hydrogen-bond donors (Lipinski definition) is 0. The molecule has 0 amide bonds. The molecule has 0 N–H and O–H groups in total. The van der Waals surface area contributed by atoms with E-state index in [1.165, 1.54) is 48.1 Å². The van der Waals surface area contributed by atoms with E-state index in [-0.39, 0.29) is 95.2 Å². The lowest BCUT2D eigenvalue weighted by molar-refractivity contribution is -0.117. The van der Waals surface area contributed by atoms with Gasteiger partial charge in [0, 0.05) is 187 Å². The number of benzene rings is 8. The smallest absolute Gasteiger partial charge is 0.261 e. The topological polar surface area (TPSA) is 352 Å². The molecule has 137 heavy (non-hydrogen) atoms. The van der Waals surface area contributed by atoms with Crippen molar-refractivity contribution in [3.63, 3.8) is 0 Å². The predicted octanol–water partition coefficient (Wildman–Crippen LogP) is 17.8. The van der Waals surface area contributed by atoms with Crippen LogP contribution in [0.15, 0.2) is 379 Å². The second-order valence-electron chi connectivity index (χ2n) is 32.3. The van der Waals surface area contributed by atoms with Crippen molar-refractivity contribution >= 4 is 74.6 Å². The highest BCUT2D eigenvalue weighted by atomic mass is 32.2. The van der Waals surface area contributed by atoms with Gasteiger partial charge in [0.1, 0.15) is 42.8 Å². The van der Waals surface area contributed by atoms with E-state index in [4.69, 9.17) is 0 Å². The molecule has 0 atom stereocenters. The van der Waals surface area contributed by atoms with Gasteiger partial charge in [0.25, 0.3) is 10.0 Å². The van der Waals surface area contributed by atoms with Gasteiger partial charge in [-0.3, -0.25) is 19.7 Å². The number of aromatic nitrogens is 11. The fourth-order valence-corrected chi connectivity index (χ4v) is 20.7.